The molecule has 4 aromatic carbocycles. The van der Waals surface area contributed by atoms with E-state index in [9.17, 15) is 73.7 Å². The third kappa shape index (κ3) is 7.37. The monoisotopic (exact) mass is 856 g/mol. The smallest absolute Gasteiger partial charge is 0.417 e. The van der Waals surface area contributed by atoms with Crippen molar-refractivity contribution in [2.45, 2.75) is 30.9 Å². The van der Waals surface area contributed by atoms with Crippen molar-refractivity contribution < 1.29 is 75.3 Å². The fourth-order valence-electron chi connectivity index (χ4n) is 6.21. The first-order chi connectivity index (χ1) is 27.7. The molecule has 2 heterocycles. The fourth-order valence-corrected chi connectivity index (χ4v) is 6.21. The van der Waals surface area contributed by atoms with Gasteiger partial charge in [-0.2, -0.15) is 86.9 Å². The summed E-state index contributed by atoms with van der Waals surface area (Å²) in [4.78, 5) is 0. The van der Waals surface area contributed by atoms with Gasteiger partial charge in [0, 0.05) is 5.56 Å². The summed E-state index contributed by atoms with van der Waals surface area (Å²) in [5, 5.41) is 42.8. The highest BCUT2D eigenvalue weighted by atomic mass is 19.4. The van der Waals surface area contributed by atoms with E-state index >= 15 is 13.2 Å². The van der Waals surface area contributed by atoms with Gasteiger partial charge in [-0.3, -0.25) is 0 Å². The molecule has 0 fully saturated rings. The van der Waals surface area contributed by atoms with Crippen molar-refractivity contribution in [3.8, 4) is 69.2 Å². The molecule has 8 nitrogen and oxygen atoms in total. The van der Waals surface area contributed by atoms with E-state index in [1.165, 1.54) is 24.3 Å². The van der Waals surface area contributed by atoms with E-state index in [0.717, 1.165) is 18.2 Å². The molecule has 6 rings (SSSR count). The minimum atomic E-state index is -6.04. The summed E-state index contributed by atoms with van der Waals surface area (Å²) in [5.41, 5.74) is -22.8. The average molecular weight is 857 g/mol. The standard InChI is InChI=1S/C37H11F15N6O2/c38-33(39,40)17-5-14(6-18(7-17)34(41,42)43)24-21(8-19(35(44,45)46)9-23(24)37(50,51)52)26-28-29(59-32(58-28)16(12-55)13-56)25(20-3-1-2-4-22(20)36(47,48)49)27-30(26)60-31(57-27)15(10-53)11-54/h1-9,57-58H. The minimum Gasteiger partial charge on any atom is -0.436 e. The predicted molar refractivity (Wildman–Crippen MR) is 173 cm³/mol. The molecule has 0 radical (unpaired) electrons. The van der Waals surface area contributed by atoms with Crippen LogP contribution >= 0.6 is 0 Å². The normalized spacial score (nSPS) is 13.7. The number of halogens is 15. The van der Waals surface area contributed by atoms with Crippen molar-refractivity contribution in [1.82, 2.24) is 0 Å². The number of fused-ring (bicyclic) bond motifs is 2. The second-order valence-electron chi connectivity index (χ2n) is 12.2. The Balaban J connectivity index is 1.94. The lowest BCUT2D eigenvalue weighted by Crippen LogP contribution is -2.15. The van der Waals surface area contributed by atoms with Crippen LogP contribution in [0, 0.1) is 45.3 Å². The van der Waals surface area contributed by atoms with Gasteiger partial charge >= 0.3 is 30.9 Å². The molecule has 306 valence electrons. The van der Waals surface area contributed by atoms with Crippen LogP contribution in [0.25, 0.3) is 33.4 Å². The Morgan fingerprint density at radius 3 is 1.25 bits per heavy atom. The van der Waals surface area contributed by atoms with Gasteiger partial charge < -0.3 is 20.1 Å². The van der Waals surface area contributed by atoms with Crippen LogP contribution in [0.15, 0.2) is 77.5 Å². The summed E-state index contributed by atoms with van der Waals surface area (Å²) in [5.74, 6) is -4.23. The summed E-state index contributed by atoms with van der Waals surface area (Å²) in [6, 6.07) is 6.76. The number of rotatable bonds is 3. The molecule has 0 aromatic heterocycles. The topological polar surface area (TPSA) is 138 Å². The van der Waals surface area contributed by atoms with Gasteiger partial charge in [-0.05, 0) is 53.1 Å². The largest absolute Gasteiger partial charge is 0.436 e. The zero-order valence-electron chi connectivity index (χ0n) is 28.5. The van der Waals surface area contributed by atoms with Crippen LogP contribution in [-0.4, -0.2) is 0 Å². The molecule has 2 aliphatic rings. The van der Waals surface area contributed by atoms with Gasteiger partial charge in [-0.1, -0.05) is 18.2 Å². The number of alkyl halides is 15. The van der Waals surface area contributed by atoms with Crippen LogP contribution in [0.2, 0.25) is 0 Å². The van der Waals surface area contributed by atoms with Crippen molar-refractivity contribution in [3.63, 3.8) is 0 Å². The van der Waals surface area contributed by atoms with E-state index in [0.29, 0.717) is 6.07 Å². The van der Waals surface area contributed by atoms with Crippen molar-refractivity contribution in [2.75, 3.05) is 10.6 Å². The Kier molecular flexibility index (Phi) is 9.88. The number of anilines is 2. The Hall–Kier alpha value is -7.53. The van der Waals surface area contributed by atoms with Gasteiger partial charge in [-0.25, -0.2) is 0 Å². The van der Waals surface area contributed by atoms with Gasteiger partial charge in [0.1, 0.15) is 24.3 Å². The molecule has 23 heteroatoms. The van der Waals surface area contributed by atoms with Crippen LogP contribution in [-0.2, 0) is 30.9 Å². The van der Waals surface area contributed by atoms with Gasteiger partial charge in [0.2, 0.25) is 11.8 Å². The number of ether oxygens (including phenoxy) is 2. The molecule has 60 heavy (non-hydrogen) atoms. The summed E-state index contributed by atoms with van der Waals surface area (Å²) < 4.78 is 228. The molecular formula is C37H11F15N6O2. The molecule has 0 bridgehead atoms. The number of nitriles is 4. The summed E-state index contributed by atoms with van der Waals surface area (Å²) in [6.07, 6.45) is -28.5. The lowest BCUT2D eigenvalue weighted by molar-refractivity contribution is -0.144. The maximum Gasteiger partial charge on any atom is 0.417 e. The van der Waals surface area contributed by atoms with E-state index in [2.05, 4.69) is 10.6 Å². The number of nitrogens with zero attached hydrogens (tertiary/aromatic N) is 4. The molecule has 0 unspecified atom stereocenters. The Morgan fingerprint density at radius 2 is 0.850 bits per heavy atom. The Bertz CT molecular complexity index is 2600. The number of hydrogen-bond donors (Lipinski definition) is 2. The zero-order valence-corrected chi connectivity index (χ0v) is 28.5. The molecule has 0 aliphatic carbocycles. The van der Waals surface area contributed by atoms with Crippen molar-refractivity contribution in [3.05, 3.63) is 105 Å². The summed E-state index contributed by atoms with van der Waals surface area (Å²) >= 11 is 0. The highest BCUT2D eigenvalue weighted by Crippen LogP contribution is 2.63. The molecule has 4 aromatic rings. The van der Waals surface area contributed by atoms with Gasteiger partial charge in [-0.15, -0.1) is 0 Å². The van der Waals surface area contributed by atoms with E-state index in [-0.39, 0.29) is 18.2 Å². The molecule has 0 saturated carbocycles. The summed E-state index contributed by atoms with van der Waals surface area (Å²) in [6.45, 7) is 0. The van der Waals surface area contributed by atoms with Gasteiger partial charge in [0.15, 0.2) is 22.6 Å². The van der Waals surface area contributed by atoms with Crippen LogP contribution in [0.1, 0.15) is 27.8 Å². The third-order valence-electron chi connectivity index (χ3n) is 8.61. The second-order valence-corrected chi connectivity index (χ2v) is 12.2. The minimum absolute atomic E-state index is 0.156. The number of nitrogens with one attached hydrogen (secondary N) is 2. The SMILES string of the molecule is N#CC(C#N)=C1Nc2c(c(-c3ccccc3C(F)(F)F)c3c(c2-c2cc(C(F)(F)F)cc(C(F)(F)F)c2-c2cc(C(F)(F)F)cc(C(F)(F)F)c2)OC(=C(C#N)C#N)N3)O1. The number of allylic oxidation sites excluding steroid dienone is 2. The molecule has 0 saturated heterocycles. The Morgan fingerprint density at radius 1 is 0.450 bits per heavy atom. The van der Waals surface area contributed by atoms with Crippen molar-refractivity contribution in [2.24, 2.45) is 0 Å². The van der Waals surface area contributed by atoms with Crippen LogP contribution in [0.4, 0.5) is 77.2 Å². The van der Waals surface area contributed by atoms with Crippen molar-refractivity contribution >= 4 is 11.4 Å². The molecule has 0 amide bonds. The first-order valence-corrected chi connectivity index (χ1v) is 15.8. The first-order valence-electron chi connectivity index (χ1n) is 15.8. The van der Waals surface area contributed by atoms with Gasteiger partial charge in [0.25, 0.3) is 0 Å². The average Bonchev–Trinajstić information content (AvgIpc) is 3.77. The molecule has 2 N–H and O–H groups in total. The fraction of sp³-hybridized carbons (Fsp3) is 0.135. The third-order valence-corrected chi connectivity index (χ3v) is 8.61. The number of hydrogen-bond acceptors (Lipinski definition) is 8. The van der Waals surface area contributed by atoms with Crippen LogP contribution in [0.5, 0.6) is 11.5 Å². The molecule has 2 aliphatic heterocycles. The lowest BCUT2D eigenvalue weighted by atomic mass is 9.84. The van der Waals surface area contributed by atoms with Crippen LogP contribution in [0.3, 0.4) is 0 Å². The quantitative estimate of drug-likeness (QED) is 0.153. The van der Waals surface area contributed by atoms with Gasteiger partial charge in [0.05, 0.1) is 50.3 Å². The highest BCUT2D eigenvalue weighted by molar-refractivity contribution is 6.08. The first kappa shape index (κ1) is 42.1. The van der Waals surface area contributed by atoms with Crippen LogP contribution < -0.4 is 20.1 Å². The predicted octanol–water partition coefficient (Wildman–Crippen LogP) is 11.9. The molecular weight excluding hydrogens is 845 g/mol. The molecule has 0 atom stereocenters. The maximum absolute atomic E-state index is 15.0. The lowest BCUT2D eigenvalue weighted by Gasteiger charge is -2.24. The van der Waals surface area contributed by atoms with E-state index in [1.807, 2.05) is 0 Å². The van der Waals surface area contributed by atoms with E-state index in [1.54, 1.807) is 0 Å². The Labute approximate surface area is 323 Å². The van der Waals surface area contributed by atoms with E-state index < -0.39 is 150 Å². The summed E-state index contributed by atoms with van der Waals surface area (Å²) in [7, 11) is 0. The number of benzene rings is 4. The van der Waals surface area contributed by atoms with Crippen molar-refractivity contribution in [1.29, 1.82) is 21.0 Å². The second kappa shape index (κ2) is 14.1. The zero-order chi connectivity index (χ0) is 44.5. The molecule has 0 spiro atoms. The highest BCUT2D eigenvalue weighted by Gasteiger charge is 2.46. The van der Waals surface area contributed by atoms with E-state index in [4.69, 9.17) is 9.47 Å². The maximum atomic E-state index is 15.0.